The van der Waals surface area contributed by atoms with E-state index in [4.69, 9.17) is 5.73 Å². The number of aromatic nitrogens is 2. The Morgan fingerprint density at radius 3 is 2.94 bits per heavy atom. The van der Waals surface area contributed by atoms with Crippen molar-refractivity contribution in [2.45, 2.75) is 18.6 Å². The van der Waals surface area contributed by atoms with Crippen LogP contribution in [0.15, 0.2) is 18.2 Å². The molecule has 0 aliphatic heterocycles. The van der Waals surface area contributed by atoms with Crippen molar-refractivity contribution in [1.82, 2.24) is 15.5 Å². The molecule has 0 aliphatic rings. The predicted octanol–water partition coefficient (Wildman–Crippen LogP) is 0.149. The number of rotatable bonds is 5. The van der Waals surface area contributed by atoms with Crippen LogP contribution < -0.4 is 11.1 Å². The van der Waals surface area contributed by atoms with Gasteiger partial charge in [0.2, 0.25) is 0 Å². The highest BCUT2D eigenvalue weighted by Crippen LogP contribution is 2.24. The summed E-state index contributed by atoms with van der Waals surface area (Å²) >= 11 is 0. The maximum atomic E-state index is 10.0. The van der Waals surface area contributed by atoms with E-state index in [-0.39, 0.29) is 0 Å². The van der Waals surface area contributed by atoms with Crippen LogP contribution in [0, 0.1) is 0 Å². The van der Waals surface area contributed by atoms with Crippen LogP contribution in [-0.4, -0.2) is 40.1 Å². The van der Waals surface area contributed by atoms with E-state index < -0.39 is 12.2 Å². The molecule has 2 unspecified atom stereocenters. The first kappa shape index (κ1) is 12.8. The monoisotopic (exact) mass is 250 g/mol. The van der Waals surface area contributed by atoms with Crippen molar-refractivity contribution >= 4 is 16.7 Å². The van der Waals surface area contributed by atoms with Gasteiger partial charge in [0.1, 0.15) is 6.10 Å². The van der Waals surface area contributed by atoms with Crippen molar-refractivity contribution in [3.63, 3.8) is 0 Å². The summed E-state index contributed by atoms with van der Waals surface area (Å²) in [5, 5.41) is 30.3. The Balaban J connectivity index is 2.19. The van der Waals surface area contributed by atoms with Crippen LogP contribution >= 0.6 is 0 Å². The van der Waals surface area contributed by atoms with E-state index >= 15 is 0 Å². The first-order valence-corrected chi connectivity index (χ1v) is 5.87. The van der Waals surface area contributed by atoms with Gasteiger partial charge in [0.15, 0.2) is 5.82 Å². The molecule has 0 spiro atoms. The average Bonchev–Trinajstić information content (AvgIpc) is 2.76. The maximum absolute atomic E-state index is 10.0. The third-order valence-corrected chi connectivity index (χ3v) is 3.01. The SMILES string of the molecule is CNCCC(O)C(O)c1ccc2c(N)n[nH]c2c1. The molecule has 0 saturated carbocycles. The minimum absolute atomic E-state index is 0.432. The average molecular weight is 250 g/mol. The summed E-state index contributed by atoms with van der Waals surface area (Å²) in [5.41, 5.74) is 7.07. The zero-order chi connectivity index (χ0) is 13.1. The molecule has 1 aromatic heterocycles. The molecule has 6 heteroatoms. The number of hydrogen-bond acceptors (Lipinski definition) is 5. The molecular weight excluding hydrogens is 232 g/mol. The van der Waals surface area contributed by atoms with Crippen LogP contribution in [0.25, 0.3) is 10.9 Å². The number of benzene rings is 1. The van der Waals surface area contributed by atoms with Gasteiger partial charge in [-0.25, -0.2) is 0 Å². The van der Waals surface area contributed by atoms with E-state index in [0.717, 1.165) is 10.9 Å². The smallest absolute Gasteiger partial charge is 0.153 e. The molecule has 98 valence electrons. The van der Waals surface area contributed by atoms with Gasteiger partial charge in [-0.15, -0.1) is 0 Å². The number of nitrogens with one attached hydrogen (secondary N) is 2. The van der Waals surface area contributed by atoms with Gasteiger partial charge in [-0.1, -0.05) is 6.07 Å². The molecule has 2 rings (SSSR count). The summed E-state index contributed by atoms with van der Waals surface area (Å²) in [7, 11) is 1.80. The Bertz CT molecular complexity index is 526. The van der Waals surface area contributed by atoms with Gasteiger partial charge in [0.25, 0.3) is 0 Å². The predicted molar refractivity (Wildman–Crippen MR) is 70.0 cm³/mol. The topological polar surface area (TPSA) is 107 Å². The molecule has 0 saturated heterocycles. The van der Waals surface area contributed by atoms with Crippen LogP contribution in [0.4, 0.5) is 5.82 Å². The first-order chi connectivity index (χ1) is 8.63. The molecule has 0 aliphatic carbocycles. The number of H-pyrrole nitrogens is 1. The first-order valence-electron chi connectivity index (χ1n) is 5.87. The number of nitrogens with two attached hydrogens (primary N) is 1. The normalized spacial score (nSPS) is 14.8. The lowest BCUT2D eigenvalue weighted by Crippen LogP contribution is -2.23. The largest absolute Gasteiger partial charge is 0.390 e. The number of aliphatic hydroxyl groups excluding tert-OH is 2. The van der Waals surface area contributed by atoms with Crippen molar-refractivity contribution in [1.29, 1.82) is 0 Å². The molecule has 0 fully saturated rings. The highest BCUT2D eigenvalue weighted by Gasteiger charge is 2.18. The number of nitrogen functional groups attached to an aromatic ring is 1. The minimum Gasteiger partial charge on any atom is -0.390 e. The van der Waals surface area contributed by atoms with Crippen molar-refractivity contribution in [2.24, 2.45) is 0 Å². The van der Waals surface area contributed by atoms with Crippen molar-refractivity contribution in [2.75, 3.05) is 19.3 Å². The second kappa shape index (κ2) is 5.34. The summed E-state index contributed by atoms with van der Waals surface area (Å²) in [6.07, 6.45) is -1.22. The van der Waals surface area contributed by atoms with E-state index in [1.54, 1.807) is 25.2 Å². The van der Waals surface area contributed by atoms with Gasteiger partial charge in [-0.2, -0.15) is 5.10 Å². The lowest BCUT2D eigenvalue weighted by atomic mass is 10.0. The Hall–Kier alpha value is -1.63. The number of aromatic amines is 1. The molecule has 18 heavy (non-hydrogen) atoms. The third kappa shape index (κ3) is 2.45. The summed E-state index contributed by atoms with van der Waals surface area (Å²) in [6, 6.07) is 5.30. The molecule has 0 amide bonds. The summed E-state index contributed by atoms with van der Waals surface area (Å²) < 4.78 is 0. The fourth-order valence-corrected chi connectivity index (χ4v) is 1.91. The number of fused-ring (bicyclic) bond motifs is 1. The maximum Gasteiger partial charge on any atom is 0.153 e. The number of hydrogen-bond donors (Lipinski definition) is 5. The molecule has 2 atom stereocenters. The van der Waals surface area contributed by atoms with Gasteiger partial charge >= 0.3 is 0 Å². The summed E-state index contributed by atoms with van der Waals surface area (Å²) in [4.78, 5) is 0. The second-order valence-corrected chi connectivity index (χ2v) is 4.32. The van der Waals surface area contributed by atoms with E-state index in [1.807, 2.05) is 0 Å². The Labute approximate surface area is 105 Å². The second-order valence-electron chi connectivity index (χ2n) is 4.32. The van der Waals surface area contributed by atoms with E-state index in [9.17, 15) is 10.2 Å². The van der Waals surface area contributed by atoms with Crippen LogP contribution in [0.5, 0.6) is 0 Å². The lowest BCUT2D eigenvalue weighted by molar-refractivity contribution is 0.0141. The van der Waals surface area contributed by atoms with Gasteiger partial charge in [0, 0.05) is 5.39 Å². The zero-order valence-corrected chi connectivity index (χ0v) is 10.2. The minimum atomic E-state index is -0.910. The molecule has 6 N–H and O–H groups in total. The summed E-state index contributed by atoms with van der Waals surface area (Å²) in [5.74, 6) is 0.432. The number of nitrogens with zero attached hydrogens (tertiary/aromatic N) is 1. The molecular formula is C12H18N4O2. The quantitative estimate of drug-likeness (QED) is 0.519. The fourth-order valence-electron chi connectivity index (χ4n) is 1.91. The Morgan fingerprint density at radius 1 is 1.44 bits per heavy atom. The third-order valence-electron chi connectivity index (χ3n) is 3.01. The van der Waals surface area contributed by atoms with Crippen molar-refractivity contribution in [3.05, 3.63) is 23.8 Å². The number of aliphatic hydroxyl groups is 2. The highest BCUT2D eigenvalue weighted by atomic mass is 16.3. The fraction of sp³-hybridized carbons (Fsp3) is 0.417. The molecule has 0 bridgehead atoms. The number of anilines is 1. The van der Waals surface area contributed by atoms with E-state index in [2.05, 4.69) is 15.5 Å². The molecule has 6 nitrogen and oxygen atoms in total. The van der Waals surface area contributed by atoms with Crippen LogP contribution in [0.1, 0.15) is 18.1 Å². The molecule has 1 aromatic carbocycles. The van der Waals surface area contributed by atoms with Crippen molar-refractivity contribution in [3.8, 4) is 0 Å². The standard InChI is InChI=1S/C12H18N4O2/c1-14-5-4-10(17)11(18)7-2-3-8-9(6-7)15-16-12(8)13/h2-3,6,10-11,14,17-18H,4-5H2,1H3,(H3,13,15,16). The molecule has 0 radical (unpaired) electrons. The Morgan fingerprint density at radius 2 is 2.22 bits per heavy atom. The van der Waals surface area contributed by atoms with Crippen LogP contribution in [0.2, 0.25) is 0 Å². The summed E-state index contributed by atoms with van der Waals surface area (Å²) in [6.45, 7) is 0.650. The molecule has 2 aromatic rings. The van der Waals surface area contributed by atoms with Gasteiger partial charge in [0.05, 0.1) is 11.6 Å². The lowest BCUT2D eigenvalue weighted by Gasteiger charge is -2.18. The highest BCUT2D eigenvalue weighted by molar-refractivity contribution is 5.88. The van der Waals surface area contributed by atoms with E-state index in [1.165, 1.54) is 0 Å². The van der Waals surface area contributed by atoms with E-state index in [0.29, 0.717) is 24.3 Å². The van der Waals surface area contributed by atoms with Gasteiger partial charge < -0.3 is 21.3 Å². The van der Waals surface area contributed by atoms with Crippen molar-refractivity contribution < 1.29 is 10.2 Å². The zero-order valence-electron chi connectivity index (χ0n) is 10.2. The Kier molecular flexibility index (Phi) is 3.81. The molecule has 1 heterocycles. The van der Waals surface area contributed by atoms with Crippen LogP contribution in [-0.2, 0) is 0 Å². The van der Waals surface area contributed by atoms with Crippen LogP contribution in [0.3, 0.4) is 0 Å². The van der Waals surface area contributed by atoms with Gasteiger partial charge in [-0.3, -0.25) is 5.10 Å². The van der Waals surface area contributed by atoms with Gasteiger partial charge in [-0.05, 0) is 37.7 Å².